The van der Waals surface area contributed by atoms with Crippen LogP contribution in [0.3, 0.4) is 0 Å². The molecule has 0 aliphatic rings. The van der Waals surface area contributed by atoms with E-state index >= 15 is 0 Å². The molecule has 0 aliphatic carbocycles. The number of hydrogen-bond acceptors (Lipinski definition) is 6. The highest BCUT2D eigenvalue weighted by molar-refractivity contribution is 7.92. The lowest BCUT2D eigenvalue weighted by atomic mass is 10.2. The Balaban J connectivity index is 1.90. The minimum atomic E-state index is -3.96. The molecule has 3 aromatic carbocycles. The third-order valence-corrected chi connectivity index (χ3v) is 7.66. The molecule has 0 saturated carbocycles. The molecule has 168 valence electrons. The number of nitrogens with zero attached hydrogens (tertiary/aromatic N) is 1. The summed E-state index contributed by atoms with van der Waals surface area (Å²) < 4.78 is 56.3. The van der Waals surface area contributed by atoms with Crippen LogP contribution >= 0.6 is 0 Å². The van der Waals surface area contributed by atoms with Crippen LogP contribution in [0.5, 0.6) is 5.75 Å². The zero-order chi connectivity index (χ0) is 23.5. The number of rotatable bonds is 7. The van der Waals surface area contributed by atoms with Crippen molar-refractivity contribution in [3.63, 3.8) is 0 Å². The van der Waals surface area contributed by atoms with Gasteiger partial charge in [0.05, 0.1) is 28.3 Å². The molecular formula is C22H22N2O6S2. The molecule has 8 nitrogen and oxygen atoms in total. The molecule has 32 heavy (non-hydrogen) atoms. The van der Waals surface area contributed by atoms with Crippen molar-refractivity contribution < 1.29 is 26.4 Å². The largest absolute Gasteiger partial charge is 0.497 e. The lowest BCUT2D eigenvalue weighted by Crippen LogP contribution is -2.26. The van der Waals surface area contributed by atoms with Crippen LogP contribution < -0.4 is 14.4 Å². The lowest BCUT2D eigenvalue weighted by Gasteiger charge is -2.20. The fraction of sp³-hybridized carbons (Fsp3) is 0.136. The van der Waals surface area contributed by atoms with E-state index in [1.807, 2.05) is 0 Å². The van der Waals surface area contributed by atoms with Crippen LogP contribution in [0, 0.1) is 0 Å². The van der Waals surface area contributed by atoms with Gasteiger partial charge in [-0.15, -0.1) is 0 Å². The molecule has 0 aliphatic heterocycles. The average Bonchev–Trinajstić information content (AvgIpc) is 2.78. The predicted molar refractivity (Wildman–Crippen MR) is 123 cm³/mol. The summed E-state index contributed by atoms with van der Waals surface area (Å²) in [4.78, 5) is 12.6. The van der Waals surface area contributed by atoms with Gasteiger partial charge in [-0.25, -0.2) is 16.8 Å². The Morgan fingerprint density at radius 1 is 0.906 bits per heavy atom. The Hall–Kier alpha value is -3.37. The Morgan fingerprint density at radius 2 is 1.56 bits per heavy atom. The predicted octanol–water partition coefficient (Wildman–Crippen LogP) is 3.18. The second kappa shape index (κ2) is 9.01. The molecule has 1 N–H and O–H groups in total. The highest BCUT2D eigenvalue weighted by atomic mass is 32.2. The average molecular weight is 475 g/mol. The van der Waals surface area contributed by atoms with E-state index < -0.39 is 25.8 Å². The summed E-state index contributed by atoms with van der Waals surface area (Å²) in [5.41, 5.74) is 0.601. The third-order valence-electron chi connectivity index (χ3n) is 4.73. The van der Waals surface area contributed by atoms with Gasteiger partial charge in [-0.05, 0) is 54.6 Å². The molecule has 0 unspecified atom stereocenters. The van der Waals surface area contributed by atoms with Gasteiger partial charge < -0.3 is 10.1 Å². The van der Waals surface area contributed by atoms with Crippen molar-refractivity contribution in [1.82, 2.24) is 0 Å². The molecule has 0 bridgehead atoms. The maximum Gasteiger partial charge on any atom is 0.264 e. The molecule has 3 rings (SSSR count). The highest BCUT2D eigenvalue weighted by Gasteiger charge is 2.23. The molecule has 0 saturated heterocycles. The summed E-state index contributed by atoms with van der Waals surface area (Å²) >= 11 is 0. The van der Waals surface area contributed by atoms with Crippen molar-refractivity contribution in [3.8, 4) is 5.75 Å². The molecule has 3 aromatic rings. The van der Waals surface area contributed by atoms with Gasteiger partial charge in [-0.1, -0.05) is 18.2 Å². The van der Waals surface area contributed by atoms with Gasteiger partial charge in [0.2, 0.25) is 0 Å². The Bertz CT molecular complexity index is 1350. The van der Waals surface area contributed by atoms with E-state index in [9.17, 15) is 21.6 Å². The zero-order valence-electron chi connectivity index (χ0n) is 17.6. The van der Waals surface area contributed by atoms with E-state index in [1.54, 1.807) is 36.4 Å². The van der Waals surface area contributed by atoms with Crippen LogP contribution in [-0.2, 0) is 19.9 Å². The Kier molecular flexibility index (Phi) is 6.56. The summed E-state index contributed by atoms with van der Waals surface area (Å²) in [7, 11) is -4.60. The van der Waals surface area contributed by atoms with Gasteiger partial charge in [-0.3, -0.25) is 9.10 Å². The number of para-hydroxylation sites is 1. The monoisotopic (exact) mass is 474 g/mol. The first-order valence-corrected chi connectivity index (χ1v) is 12.7. The van der Waals surface area contributed by atoms with Gasteiger partial charge in [0.25, 0.3) is 15.9 Å². The van der Waals surface area contributed by atoms with Crippen molar-refractivity contribution in [3.05, 3.63) is 78.4 Å². The number of benzene rings is 3. The first-order chi connectivity index (χ1) is 15.0. The minimum absolute atomic E-state index is 0.0311. The van der Waals surface area contributed by atoms with E-state index in [-0.39, 0.29) is 21.0 Å². The normalized spacial score (nSPS) is 11.6. The van der Waals surface area contributed by atoms with Crippen molar-refractivity contribution in [2.24, 2.45) is 0 Å². The van der Waals surface area contributed by atoms with E-state index in [0.29, 0.717) is 11.4 Å². The highest BCUT2D eigenvalue weighted by Crippen LogP contribution is 2.26. The summed E-state index contributed by atoms with van der Waals surface area (Å²) in [6.45, 7) is 0. The molecule has 10 heteroatoms. The molecule has 0 atom stereocenters. The van der Waals surface area contributed by atoms with E-state index in [4.69, 9.17) is 4.74 Å². The van der Waals surface area contributed by atoms with Gasteiger partial charge in [0.1, 0.15) is 5.75 Å². The minimum Gasteiger partial charge on any atom is -0.497 e. The number of methoxy groups -OCH3 is 1. The number of sulfone groups is 1. The molecular weight excluding hydrogens is 452 g/mol. The first-order valence-electron chi connectivity index (χ1n) is 9.37. The second-order valence-corrected chi connectivity index (χ2v) is 10.9. The van der Waals surface area contributed by atoms with Gasteiger partial charge in [-0.2, -0.15) is 0 Å². The van der Waals surface area contributed by atoms with Crippen LogP contribution in [0.15, 0.2) is 82.6 Å². The summed E-state index contributed by atoms with van der Waals surface area (Å²) in [5.74, 6) is -0.0437. The number of hydrogen-bond donors (Lipinski definition) is 1. The fourth-order valence-electron chi connectivity index (χ4n) is 2.97. The second-order valence-electron chi connectivity index (χ2n) is 6.92. The van der Waals surface area contributed by atoms with Crippen molar-refractivity contribution in [2.45, 2.75) is 9.79 Å². The maximum atomic E-state index is 13.1. The van der Waals surface area contributed by atoms with E-state index in [1.165, 1.54) is 50.6 Å². The fourth-order valence-corrected chi connectivity index (χ4v) is 5.06. The quantitative estimate of drug-likeness (QED) is 0.563. The summed E-state index contributed by atoms with van der Waals surface area (Å²) in [5, 5.41) is 2.55. The van der Waals surface area contributed by atoms with Crippen LogP contribution in [0.25, 0.3) is 0 Å². The molecule has 1 amide bonds. The van der Waals surface area contributed by atoms with Gasteiger partial charge in [0, 0.05) is 18.9 Å². The maximum absolute atomic E-state index is 13.1. The lowest BCUT2D eigenvalue weighted by molar-refractivity contribution is 0.102. The van der Waals surface area contributed by atoms with Gasteiger partial charge in [0.15, 0.2) is 9.84 Å². The van der Waals surface area contributed by atoms with Crippen LogP contribution in [0.2, 0.25) is 0 Å². The molecule has 0 aromatic heterocycles. The number of carbonyl (C=O) groups is 1. The Morgan fingerprint density at radius 3 is 2.19 bits per heavy atom. The summed E-state index contributed by atoms with van der Waals surface area (Å²) in [6.07, 6.45) is 1.04. The number of ether oxygens (including phenoxy) is 1. The molecule has 0 spiro atoms. The van der Waals surface area contributed by atoms with Crippen molar-refractivity contribution in [1.29, 1.82) is 0 Å². The topological polar surface area (TPSA) is 110 Å². The van der Waals surface area contributed by atoms with Crippen molar-refractivity contribution in [2.75, 3.05) is 30.0 Å². The smallest absolute Gasteiger partial charge is 0.264 e. The number of nitrogens with one attached hydrogen (secondary N) is 1. The molecule has 0 radical (unpaired) electrons. The first kappa shape index (κ1) is 23.3. The number of carbonyl (C=O) groups excluding carboxylic acids is 1. The zero-order valence-corrected chi connectivity index (χ0v) is 19.3. The van der Waals surface area contributed by atoms with Crippen LogP contribution in [0.4, 0.5) is 11.4 Å². The number of sulfonamides is 1. The Labute approximate surface area is 187 Å². The SMILES string of the molecule is COc1ccc(N(C)S(=O)(=O)c2cccc(C(=O)Nc3ccccc3S(C)(=O)=O)c2)cc1. The standard InChI is InChI=1S/C22H22N2O6S2/c1-24(17-11-13-18(30-2)14-12-17)32(28,29)19-8-6-7-16(15-19)22(25)23-20-9-4-5-10-21(20)31(3,26)27/h4-15H,1-3H3,(H,23,25). The van der Waals surface area contributed by atoms with Gasteiger partial charge >= 0.3 is 0 Å². The number of anilines is 2. The van der Waals surface area contributed by atoms with E-state index in [2.05, 4.69) is 5.32 Å². The summed E-state index contributed by atoms with van der Waals surface area (Å²) in [6, 6.07) is 18.0. The number of amides is 1. The van der Waals surface area contributed by atoms with Crippen LogP contribution in [0.1, 0.15) is 10.4 Å². The van der Waals surface area contributed by atoms with E-state index in [0.717, 1.165) is 10.6 Å². The van der Waals surface area contributed by atoms with Crippen molar-refractivity contribution >= 4 is 37.1 Å². The molecule has 0 fully saturated rings. The molecule has 0 heterocycles. The van der Waals surface area contributed by atoms with Crippen LogP contribution in [-0.4, -0.2) is 43.2 Å². The third kappa shape index (κ3) is 4.92.